The Morgan fingerprint density at radius 3 is 2.26 bits per heavy atom. The van der Waals surface area contributed by atoms with Gasteiger partial charge in [0.1, 0.15) is 30.5 Å². The van der Waals surface area contributed by atoms with Crippen LogP contribution in [0.2, 0.25) is 0 Å². The van der Waals surface area contributed by atoms with Crippen LogP contribution < -0.4 is 33.6 Å². The van der Waals surface area contributed by atoms with Crippen molar-refractivity contribution in [3.05, 3.63) is 0 Å². The number of aliphatic hydroxyl groups is 8. The Balaban J connectivity index is 1.88. The summed E-state index contributed by atoms with van der Waals surface area (Å²) in [5.74, 6) is -1.96. The zero-order valence-corrected chi connectivity index (χ0v) is 23.2. The van der Waals surface area contributed by atoms with Crippen LogP contribution in [0, 0.1) is 5.92 Å². The van der Waals surface area contributed by atoms with Gasteiger partial charge in [0.25, 0.3) is 5.91 Å². The van der Waals surface area contributed by atoms with Gasteiger partial charge in [-0.05, 0) is 12.8 Å². The summed E-state index contributed by atoms with van der Waals surface area (Å²) in [6.45, 7) is -0.774. The van der Waals surface area contributed by atoms with E-state index >= 15 is 0 Å². The van der Waals surface area contributed by atoms with E-state index in [2.05, 4.69) is 10.6 Å². The van der Waals surface area contributed by atoms with E-state index in [1.807, 2.05) is 0 Å². The summed E-state index contributed by atoms with van der Waals surface area (Å²) < 4.78 is 17.6. The molecule has 0 aromatic heterocycles. The molecule has 0 radical (unpaired) electrons. The van der Waals surface area contributed by atoms with E-state index < -0.39 is 116 Å². The van der Waals surface area contributed by atoms with Gasteiger partial charge in [0.2, 0.25) is 0 Å². The van der Waals surface area contributed by atoms with E-state index in [1.54, 1.807) is 0 Å². The molecule has 3 fully saturated rings. The summed E-state index contributed by atoms with van der Waals surface area (Å²) in [5.41, 5.74) is 24.1. The van der Waals surface area contributed by atoms with Gasteiger partial charge in [-0.3, -0.25) is 4.79 Å². The molecule has 2 saturated heterocycles. The van der Waals surface area contributed by atoms with Gasteiger partial charge in [0.15, 0.2) is 12.4 Å². The first-order chi connectivity index (χ1) is 19.9. The summed E-state index contributed by atoms with van der Waals surface area (Å²) in [6, 6.07) is -4.05. The smallest absolute Gasteiger partial charge is 0.251 e. The van der Waals surface area contributed by atoms with Gasteiger partial charge in [-0.25, -0.2) is 0 Å². The van der Waals surface area contributed by atoms with Crippen LogP contribution in [-0.4, -0.2) is 171 Å². The average Bonchev–Trinajstić information content (AvgIpc) is 2.95. The van der Waals surface area contributed by atoms with E-state index in [0.717, 1.165) is 0 Å². The van der Waals surface area contributed by atoms with Gasteiger partial charge >= 0.3 is 0 Å². The molecule has 16 atom stereocenters. The second kappa shape index (κ2) is 15.7. The monoisotopic (exact) mass is 612 g/mol. The van der Waals surface area contributed by atoms with E-state index in [0.29, 0.717) is 0 Å². The Labute approximate surface area is 242 Å². The van der Waals surface area contributed by atoms with Crippen molar-refractivity contribution in [3.63, 3.8) is 0 Å². The molecular formula is C24H48N6O12. The van der Waals surface area contributed by atoms with Crippen molar-refractivity contribution in [1.82, 2.24) is 10.6 Å². The van der Waals surface area contributed by atoms with Crippen molar-refractivity contribution in [3.8, 4) is 0 Å². The van der Waals surface area contributed by atoms with Crippen LogP contribution in [0.4, 0.5) is 0 Å². The van der Waals surface area contributed by atoms with Gasteiger partial charge in [-0.1, -0.05) is 0 Å². The number of hydrogen-bond donors (Lipinski definition) is 14. The zero-order valence-electron chi connectivity index (χ0n) is 23.2. The molecule has 16 unspecified atom stereocenters. The predicted octanol–water partition coefficient (Wildman–Crippen LogP) is -8.56. The maximum Gasteiger partial charge on any atom is 0.251 e. The van der Waals surface area contributed by atoms with Crippen molar-refractivity contribution in [2.75, 3.05) is 32.8 Å². The minimum absolute atomic E-state index is 0.0624. The molecule has 1 aliphatic carbocycles. The Kier molecular flexibility index (Phi) is 13.2. The molecule has 0 spiro atoms. The van der Waals surface area contributed by atoms with Gasteiger partial charge in [0.05, 0.1) is 49.7 Å². The van der Waals surface area contributed by atoms with Gasteiger partial charge in [-0.2, -0.15) is 0 Å². The number of hydrogen-bond acceptors (Lipinski definition) is 17. The van der Waals surface area contributed by atoms with Crippen LogP contribution in [0.15, 0.2) is 0 Å². The highest BCUT2D eigenvalue weighted by atomic mass is 16.7. The van der Waals surface area contributed by atoms with E-state index in [9.17, 15) is 40.5 Å². The first-order valence-corrected chi connectivity index (χ1v) is 14.1. The minimum atomic E-state index is -1.91. The molecule has 2 heterocycles. The maximum absolute atomic E-state index is 12.7. The van der Waals surface area contributed by atoms with E-state index in [4.69, 9.17) is 42.3 Å². The SMILES string of the molecule is NCC(O)C(O)C(=O)NC1CC(N)C(C2OC(CNCCO)C(O)CC2N)C(O)C1OC1OC(CO)C(O)C(N)C1O. The number of ether oxygens (including phenoxy) is 3. The average molecular weight is 613 g/mol. The van der Waals surface area contributed by atoms with Crippen LogP contribution in [0.3, 0.4) is 0 Å². The molecule has 18 N–H and O–H groups in total. The number of carbonyl (C=O) groups excluding carboxylic acids is 1. The standard InChI is InChI=1S/C24H48N6O12/c25-5-12(34)17(35)23(39)30-10-3-8(26)15(21-9(27)4-11(33)13(40-21)6-29-1-2-31)19(37)22(10)42-24-20(38)16(28)18(36)14(7-32)41-24/h8-22,24,29,31-38H,1-7,25-28H2,(H,30,39). The molecule has 42 heavy (non-hydrogen) atoms. The number of nitrogens with one attached hydrogen (secondary N) is 2. The zero-order chi connectivity index (χ0) is 31.3. The van der Waals surface area contributed by atoms with Crippen molar-refractivity contribution in [2.24, 2.45) is 28.9 Å². The largest absolute Gasteiger partial charge is 0.395 e. The molecule has 2 aliphatic heterocycles. The lowest BCUT2D eigenvalue weighted by atomic mass is 9.72. The molecule has 0 aromatic rings. The Bertz CT molecular complexity index is 850. The van der Waals surface area contributed by atoms with Gasteiger partial charge in [0, 0.05) is 37.6 Å². The predicted molar refractivity (Wildman–Crippen MR) is 143 cm³/mol. The molecule has 0 aromatic carbocycles. The Hall–Kier alpha value is -1.17. The second-order valence-corrected chi connectivity index (χ2v) is 11.2. The van der Waals surface area contributed by atoms with Crippen molar-refractivity contribution in [1.29, 1.82) is 0 Å². The Morgan fingerprint density at radius 1 is 0.952 bits per heavy atom. The molecule has 3 rings (SSSR count). The summed E-state index contributed by atoms with van der Waals surface area (Å²) in [6.07, 6.45) is -14.8. The number of rotatable bonds is 12. The van der Waals surface area contributed by atoms with E-state index in [1.165, 1.54) is 0 Å². The van der Waals surface area contributed by atoms with Crippen molar-refractivity contribution in [2.45, 2.75) is 104 Å². The molecule has 1 amide bonds. The Morgan fingerprint density at radius 2 is 1.64 bits per heavy atom. The molecular weight excluding hydrogens is 564 g/mol. The summed E-state index contributed by atoms with van der Waals surface area (Å²) >= 11 is 0. The lowest BCUT2D eigenvalue weighted by Gasteiger charge is -2.51. The number of amides is 1. The fourth-order valence-electron chi connectivity index (χ4n) is 5.85. The molecule has 18 heteroatoms. The molecule has 0 bridgehead atoms. The van der Waals surface area contributed by atoms with Crippen molar-refractivity contribution < 1.29 is 59.9 Å². The van der Waals surface area contributed by atoms with E-state index in [-0.39, 0.29) is 32.5 Å². The molecule has 1 saturated carbocycles. The second-order valence-electron chi connectivity index (χ2n) is 11.2. The number of aliphatic hydroxyl groups excluding tert-OH is 8. The first-order valence-electron chi connectivity index (χ1n) is 14.1. The van der Waals surface area contributed by atoms with Crippen LogP contribution in [-0.2, 0) is 19.0 Å². The van der Waals surface area contributed by atoms with Crippen LogP contribution in [0.25, 0.3) is 0 Å². The first kappa shape index (κ1) is 35.3. The van der Waals surface area contributed by atoms with Crippen LogP contribution in [0.1, 0.15) is 12.8 Å². The van der Waals surface area contributed by atoms with Crippen LogP contribution in [0.5, 0.6) is 0 Å². The lowest BCUT2D eigenvalue weighted by molar-refractivity contribution is -0.306. The van der Waals surface area contributed by atoms with Crippen molar-refractivity contribution >= 4 is 5.91 Å². The lowest BCUT2D eigenvalue weighted by Crippen LogP contribution is -2.70. The number of nitrogens with two attached hydrogens (primary N) is 4. The fraction of sp³-hybridized carbons (Fsp3) is 0.958. The maximum atomic E-state index is 12.7. The topological polar surface area (TPSA) is 335 Å². The quantitative estimate of drug-likeness (QED) is 0.0909. The highest BCUT2D eigenvalue weighted by molar-refractivity contribution is 5.81. The summed E-state index contributed by atoms with van der Waals surface area (Å²) in [7, 11) is 0. The molecule has 18 nitrogen and oxygen atoms in total. The van der Waals surface area contributed by atoms with Gasteiger partial charge < -0.3 is 88.6 Å². The normalized spacial score (nSPS) is 44.4. The third-order valence-electron chi connectivity index (χ3n) is 8.29. The van der Waals surface area contributed by atoms with Crippen LogP contribution >= 0.6 is 0 Å². The minimum Gasteiger partial charge on any atom is -0.395 e. The van der Waals surface area contributed by atoms with Gasteiger partial charge in [-0.15, -0.1) is 0 Å². The third kappa shape index (κ3) is 7.91. The third-order valence-corrected chi connectivity index (χ3v) is 8.29. The molecule has 246 valence electrons. The summed E-state index contributed by atoms with van der Waals surface area (Å²) in [4.78, 5) is 12.7. The highest BCUT2D eigenvalue weighted by Gasteiger charge is 2.54. The fourth-order valence-corrected chi connectivity index (χ4v) is 5.85. The summed E-state index contributed by atoms with van der Waals surface area (Å²) in [5, 5.41) is 87.2. The highest BCUT2D eigenvalue weighted by Crippen LogP contribution is 2.36. The number of carbonyl (C=O) groups is 1. The molecule has 3 aliphatic rings.